The van der Waals surface area contributed by atoms with Crippen LogP contribution in [0.4, 0.5) is 5.00 Å². The Labute approximate surface area is 157 Å². The molecule has 2 bridgehead atoms. The molecule has 3 atom stereocenters. The lowest BCUT2D eigenvalue weighted by atomic mass is 9.86. The number of hydrogen-bond donors (Lipinski definition) is 1. The van der Waals surface area contributed by atoms with Crippen molar-refractivity contribution in [3.05, 3.63) is 16.0 Å². The molecule has 2 saturated carbocycles. The van der Waals surface area contributed by atoms with Gasteiger partial charge in [-0.3, -0.25) is 9.59 Å². The average Bonchev–Trinajstić information content (AvgIpc) is 3.33. The predicted octanol–water partition coefficient (Wildman–Crippen LogP) is 3.81. The number of rotatable bonds is 5. The summed E-state index contributed by atoms with van der Waals surface area (Å²) < 4.78 is 5.19. The van der Waals surface area contributed by atoms with Crippen LogP contribution in [0, 0.1) is 29.1 Å². The number of amides is 1. The molecular weight excluding hydrogens is 348 g/mol. The van der Waals surface area contributed by atoms with E-state index >= 15 is 0 Å². The minimum absolute atomic E-state index is 0.271. The minimum atomic E-state index is -0.360. The number of carbonyl (C=O) groups excluding carboxylic acids is 2. The summed E-state index contributed by atoms with van der Waals surface area (Å²) in [7, 11) is 0. The van der Waals surface area contributed by atoms with Gasteiger partial charge in [0.15, 0.2) is 6.61 Å². The van der Waals surface area contributed by atoms with Crippen LogP contribution >= 0.6 is 11.3 Å². The molecule has 4 rings (SSSR count). The summed E-state index contributed by atoms with van der Waals surface area (Å²) >= 11 is 1.49. The fourth-order valence-electron chi connectivity index (χ4n) is 4.98. The molecule has 5 nitrogen and oxygen atoms in total. The molecular formula is C20H24N2O3S. The highest BCUT2D eigenvalue weighted by molar-refractivity contribution is 7.16. The second kappa shape index (κ2) is 7.40. The van der Waals surface area contributed by atoms with Crippen molar-refractivity contribution in [1.29, 1.82) is 5.26 Å². The van der Waals surface area contributed by atoms with Gasteiger partial charge in [-0.25, -0.2) is 0 Å². The molecule has 0 aliphatic heterocycles. The SMILES string of the molecule is N#Cc1c(NC(=O)COC(=O)C[C@@H]2C[C@@H]3CC[C@@H]2C3)sc2c1CCCC2. The van der Waals surface area contributed by atoms with E-state index in [0.717, 1.165) is 43.6 Å². The van der Waals surface area contributed by atoms with E-state index in [1.807, 2.05) is 0 Å². The zero-order valence-electron chi connectivity index (χ0n) is 14.9. The molecule has 1 aromatic rings. The normalized spacial score (nSPS) is 26.2. The number of fused-ring (bicyclic) bond motifs is 3. The van der Waals surface area contributed by atoms with Crippen molar-refractivity contribution in [2.75, 3.05) is 11.9 Å². The smallest absolute Gasteiger partial charge is 0.306 e. The van der Waals surface area contributed by atoms with E-state index in [1.165, 1.54) is 35.5 Å². The number of esters is 1. The number of nitrogens with zero attached hydrogens (tertiary/aromatic N) is 1. The molecule has 0 saturated heterocycles. The molecule has 3 aliphatic rings. The summed E-state index contributed by atoms with van der Waals surface area (Å²) in [5.41, 5.74) is 1.68. The number of anilines is 1. The van der Waals surface area contributed by atoms with Crippen molar-refractivity contribution in [3.8, 4) is 6.07 Å². The number of nitriles is 1. The Hall–Kier alpha value is -1.87. The molecule has 1 N–H and O–H groups in total. The maximum absolute atomic E-state index is 12.2. The van der Waals surface area contributed by atoms with Crippen LogP contribution < -0.4 is 5.32 Å². The summed E-state index contributed by atoms with van der Waals surface area (Å²) in [4.78, 5) is 25.4. The predicted molar refractivity (Wildman–Crippen MR) is 98.8 cm³/mol. The summed E-state index contributed by atoms with van der Waals surface area (Å²) in [6.07, 6.45) is 9.49. The van der Waals surface area contributed by atoms with E-state index in [9.17, 15) is 14.9 Å². The number of nitrogens with one attached hydrogen (secondary N) is 1. The Kier molecular flexibility index (Phi) is 4.99. The molecule has 0 radical (unpaired) electrons. The first-order valence-corrected chi connectivity index (χ1v) is 10.5. The third-order valence-corrected chi connectivity index (χ3v) is 7.42. The highest BCUT2D eigenvalue weighted by atomic mass is 32.1. The van der Waals surface area contributed by atoms with Crippen LogP contribution in [0.3, 0.4) is 0 Å². The first-order valence-electron chi connectivity index (χ1n) is 9.64. The fraction of sp³-hybridized carbons (Fsp3) is 0.650. The summed E-state index contributed by atoms with van der Waals surface area (Å²) in [5, 5.41) is 12.8. The van der Waals surface area contributed by atoms with Gasteiger partial charge < -0.3 is 10.1 Å². The second-order valence-electron chi connectivity index (χ2n) is 7.87. The van der Waals surface area contributed by atoms with Gasteiger partial charge in [0.05, 0.1) is 5.56 Å². The molecule has 0 unspecified atom stereocenters. The minimum Gasteiger partial charge on any atom is -0.456 e. The number of hydrogen-bond acceptors (Lipinski definition) is 5. The molecule has 138 valence electrons. The van der Waals surface area contributed by atoms with Gasteiger partial charge in [-0.2, -0.15) is 5.26 Å². The summed E-state index contributed by atoms with van der Waals surface area (Å²) in [6, 6.07) is 2.23. The van der Waals surface area contributed by atoms with E-state index in [2.05, 4.69) is 11.4 Å². The zero-order chi connectivity index (χ0) is 18.1. The van der Waals surface area contributed by atoms with Gasteiger partial charge in [-0.15, -0.1) is 11.3 Å². The Morgan fingerprint density at radius 2 is 2.08 bits per heavy atom. The van der Waals surface area contributed by atoms with Gasteiger partial charge in [0.2, 0.25) is 0 Å². The van der Waals surface area contributed by atoms with E-state index in [1.54, 1.807) is 0 Å². The van der Waals surface area contributed by atoms with Crippen molar-refractivity contribution < 1.29 is 14.3 Å². The van der Waals surface area contributed by atoms with E-state index in [4.69, 9.17) is 4.74 Å². The number of aryl methyl sites for hydroxylation is 1. The Morgan fingerprint density at radius 1 is 1.23 bits per heavy atom. The maximum atomic E-state index is 12.2. The van der Waals surface area contributed by atoms with Crippen molar-refractivity contribution in [2.45, 2.75) is 57.8 Å². The molecule has 0 aromatic carbocycles. The fourth-order valence-corrected chi connectivity index (χ4v) is 6.24. The quantitative estimate of drug-likeness (QED) is 0.797. The van der Waals surface area contributed by atoms with Gasteiger partial charge >= 0.3 is 5.97 Å². The number of thiophene rings is 1. The number of ether oxygens (including phenoxy) is 1. The molecule has 6 heteroatoms. The van der Waals surface area contributed by atoms with Gasteiger partial charge in [0.25, 0.3) is 5.91 Å². The monoisotopic (exact) mass is 372 g/mol. The van der Waals surface area contributed by atoms with Crippen molar-refractivity contribution in [3.63, 3.8) is 0 Å². The Bertz CT molecular complexity index is 764. The van der Waals surface area contributed by atoms with Crippen LogP contribution in [-0.4, -0.2) is 18.5 Å². The van der Waals surface area contributed by atoms with E-state index in [0.29, 0.717) is 28.8 Å². The Morgan fingerprint density at radius 3 is 2.81 bits per heavy atom. The van der Waals surface area contributed by atoms with Crippen LogP contribution in [0.5, 0.6) is 0 Å². The molecule has 3 aliphatic carbocycles. The maximum Gasteiger partial charge on any atom is 0.306 e. The van der Waals surface area contributed by atoms with Gasteiger partial charge in [0.1, 0.15) is 11.1 Å². The molecule has 1 heterocycles. The summed E-state index contributed by atoms with van der Waals surface area (Å²) in [5.74, 6) is 1.29. The van der Waals surface area contributed by atoms with E-state index < -0.39 is 0 Å². The van der Waals surface area contributed by atoms with Crippen LogP contribution in [0.2, 0.25) is 0 Å². The molecule has 26 heavy (non-hydrogen) atoms. The largest absolute Gasteiger partial charge is 0.456 e. The van der Waals surface area contributed by atoms with Gasteiger partial charge in [-0.05, 0) is 68.3 Å². The third-order valence-electron chi connectivity index (χ3n) is 6.21. The van der Waals surface area contributed by atoms with Crippen LogP contribution in [-0.2, 0) is 27.2 Å². The van der Waals surface area contributed by atoms with Gasteiger partial charge in [-0.1, -0.05) is 6.42 Å². The Balaban J connectivity index is 1.28. The average molecular weight is 372 g/mol. The topological polar surface area (TPSA) is 79.2 Å². The number of carbonyl (C=O) groups is 2. The third kappa shape index (κ3) is 3.50. The van der Waals surface area contributed by atoms with Crippen molar-refractivity contribution in [2.24, 2.45) is 17.8 Å². The lowest BCUT2D eigenvalue weighted by Gasteiger charge is -2.20. The second-order valence-corrected chi connectivity index (χ2v) is 8.98. The zero-order valence-corrected chi connectivity index (χ0v) is 15.7. The highest BCUT2D eigenvalue weighted by Gasteiger charge is 2.40. The highest BCUT2D eigenvalue weighted by Crippen LogP contribution is 2.49. The first kappa shape index (κ1) is 17.5. The molecule has 1 amide bonds. The molecule has 1 aromatic heterocycles. The van der Waals surface area contributed by atoms with Crippen molar-refractivity contribution >= 4 is 28.2 Å². The van der Waals surface area contributed by atoms with E-state index in [-0.39, 0.29) is 18.5 Å². The summed E-state index contributed by atoms with van der Waals surface area (Å²) in [6.45, 7) is -0.271. The first-order chi connectivity index (χ1) is 12.6. The lowest BCUT2D eigenvalue weighted by Crippen LogP contribution is -2.23. The van der Waals surface area contributed by atoms with Crippen LogP contribution in [0.15, 0.2) is 0 Å². The molecule has 0 spiro atoms. The van der Waals surface area contributed by atoms with Crippen molar-refractivity contribution in [1.82, 2.24) is 0 Å². The van der Waals surface area contributed by atoms with Crippen LogP contribution in [0.25, 0.3) is 0 Å². The molecule has 2 fully saturated rings. The van der Waals surface area contributed by atoms with Gasteiger partial charge in [0, 0.05) is 11.3 Å². The standard InChI is InChI=1S/C20H24N2O3S/c21-10-16-15-3-1-2-4-17(15)26-20(16)22-18(23)11-25-19(24)9-14-8-12-5-6-13(14)7-12/h12-14H,1-9,11H2,(H,22,23)/t12-,13-,14+/m1/s1. The lowest BCUT2D eigenvalue weighted by molar-refractivity contribution is -0.148. The van der Waals surface area contributed by atoms with Crippen LogP contribution in [0.1, 0.15) is 60.9 Å².